The van der Waals surface area contributed by atoms with Crippen molar-refractivity contribution >= 4 is 47.8 Å². The molecule has 0 saturated heterocycles. The molecule has 1 aromatic rings. The number of alkyl halides is 1. The van der Waals surface area contributed by atoms with Gasteiger partial charge in [0, 0.05) is 11.2 Å². The van der Waals surface area contributed by atoms with E-state index in [4.69, 9.17) is 4.74 Å². The highest BCUT2D eigenvalue weighted by atomic mass is 79.9. The van der Waals surface area contributed by atoms with Gasteiger partial charge >= 0.3 is 0 Å². The Morgan fingerprint density at radius 2 is 1.88 bits per heavy atom. The van der Waals surface area contributed by atoms with E-state index in [0.717, 1.165) is 26.6 Å². The van der Waals surface area contributed by atoms with Crippen molar-refractivity contribution in [3.63, 3.8) is 0 Å². The fraction of sp³-hybridized carbons (Fsp3) is 0.500. The van der Waals surface area contributed by atoms with Gasteiger partial charge in [-0.1, -0.05) is 35.3 Å². The van der Waals surface area contributed by atoms with E-state index in [2.05, 4.69) is 54.7 Å². The molecule has 1 rings (SSSR count). The first-order valence-corrected chi connectivity index (χ1v) is 8.02. The predicted molar refractivity (Wildman–Crippen MR) is 79.5 cm³/mol. The summed E-state index contributed by atoms with van der Waals surface area (Å²) in [5, 5.41) is 0.989. The van der Waals surface area contributed by atoms with E-state index in [9.17, 15) is 0 Å². The molecule has 0 fully saturated rings. The van der Waals surface area contributed by atoms with Crippen molar-refractivity contribution in [2.45, 2.75) is 19.8 Å². The summed E-state index contributed by atoms with van der Waals surface area (Å²) in [6.45, 7) is 2.95. The number of hydrogen-bond acceptors (Lipinski definition) is 1. The van der Waals surface area contributed by atoms with Gasteiger partial charge in [-0.15, -0.1) is 0 Å². The van der Waals surface area contributed by atoms with Crippen molar-refractivity contribution in [3.05, 3.63) is 27.1 Å². The van der Waals surface area contributed by atoms with E-state index in [1.807, 2.05) is 18.2 Å². The van der Waals surface area contributed by atoms with Crippen molar-refractivity contribution in [1.82, 2.24) is 0 Å². The number of benzene rings is 1. The van der Waals surface area contributed by atoms with Crippen LogP contribution in [-0.4, -0.2) is 11.9 Å². The van der Waals surface area contributed by atoms with Crippen LogP contribution in [0.15, 0.2) is 27.1 Å². The number of rotatable bonds is 6. The summed E-state index contributed by atoms with van der Waals surface area (Å²) in [5.41, 5.74) is 0. The zero-order chi connectivity index (χ0) is 12.0. The molecule has 0 heterocycles. The maximum absolute atomic E-state index is 5.85. The van der Waals surface area contributed by atoms with Crippen molar-refractivity contribution < 1.29 is 4.74 Å². The van der Waals surface area contributed by atoms with Gasteiger partial charge in [-0.05, 0) is 50.4 Å². The molecule has 0 amide bonds. The average molecular weight is 415 g/mol. The summed E-state index contributed by atoms with van der Waals surface area (Å²) in [7, 11) is 0. The minimum absolute atomic E-state index is 0.573. The standard InChI is InChI=1S/C12H15Br3O/c1-2-4-9(7-13)8-16-12-10(14)5-3-6-11(12)15/h3,5-6,9H,2,4,7-8H2,1H3. The lowest BCUT2D eigenvalue weighted by Gasteiger charge is -2.16. The van der Waals surface area contributed by atoms with Gasteiger partial charge in [-0.25, -0.2) is 0 Å². The van der Waals surface area contributed by atoms with Crippen LogP contribution in [0.1, 0.15) is 19.8 Å². The third-order valence-corrected chi connectivity index (χ3v) is 4.46. The highest BCUT2D eigenvalue weighted by molar-refractivity contribution is 9.11. The Morgan fingerprint density at radius 1 is 1.25 bits per heavy atom. The van der Waals surface area contributed by atoms with E-state index < -0.39 is 0 Å². The highest BCUT2D eigenvalue weighted by Gasteiger charge is 2.10. The molecule has 0 bridgehead atoms. The zero-order valence-corrected chi connectivity index (χ0v) is 13.9. The topological polar surface area (TPSA) is 9.23 Å². The van der Waals surface area contributed by atoms with Crippen LogP contribution in [0.5, 0.6) is 5.75 Å². The van der Waals surface area contributed by atoms with Gasteiger partial charge in [-0.2, -0.15) is 0 Å². The minimum atomic E-state index is 0.573. The summed E-state index contributed by atoms with van der Waals surface area (Å²) in [6.07, 6.45) is 2.38. The van der Waals surface area contributed by atoms with Crippen LogP contribution in [0.4, 0.5) is 0 Å². The molecule has 0 spiro atoms. The van der Waals surface area contributed by atoms with Crippen LogP contribution >= 0.6 is 47.8 Å². The molecular formula is C12H15Br3O. The third kappa shape index (κ3) is 4.38. The number of para-hydroxylation sites is 1. The van der Waals surface area contributed by atoms with Gasteiger partial charge < -0.3 is 4.74 Å². The number of hydrogen-bond donors (Lipinski definition) is 0. The van der Waals surface area contributed by atoms with Crippen LogP contribution in [0.25, 0.3) is 0 Å². The van der Waals surface area contributed by atoms with Gasteiger partial charge in [-0.3, -0.25) is 0 Å². The molecule has 1 atom stereocenters. The summed E-state index contributed by atoms with van der Waals surface area (Å²) in [6, 6.07) is 5.96. The monoisotopic (exact) mass is 412 g/mol. The Labute approximate surface area is 122 Å². The molecule has 16 heavy (non-hydrogen) atoms. The fourth-order valence-corrected chi connectivity index (χ4v) is 3.17. The van der Waals surface area contributed by atoms with Gasteiger partial charge in [0.05, 0.1) is 15.6 Å². The van der Waals surface area contributed by atoms with E-state index in [1.54, 1.807) is 0 Å². The number of halogens is 3. The van der Waals surface area contributed by atoms with Crippen LogP contribution in [0.2, 0.25) is 0 Å². The molecule has 0 aromatic heterocycles. The molecule has 90 valence electrons. The maximum atomic E-state index is 5.85. The number of ether oxygens (including phenoxy) is 1. The van der Waals surface area contributed by atoms with Crippen LogP contribution in [-0.2, 0) is 0 Å². The average Bonchev–Trinajstić information content (AvgIpc) is 2.27. The first-order valence-electron chi connectivity index (χ1n) is 5.31. The largest absolute Gasteiger partial charge is 0.491 e. The molecule has 0 N–H and O–H groups in total. The smallest absolute Gasteiger partial charge is 0.147 e. The molecule has 1 aromatic carbocycles. The molecule has 1 unspecified atom stereocenters. The molecule has 0 aliphatic rings. The second-order valence-electron chi connectivity index (χ2n) is 3.67. The van der Waals surface area contributed by atoms with Crippen LogP contribution in [0.3, 0.4) is 0 Å². The lowest BCUT2D eigenvalue weighted by Crippen LogP contribution is -2.13. The fourth-order valence-electron chi connectivity index (χ4n) is 1.43. The zero-order valence-electron chi connectivity index (χ0n) is 9.18. The Bertz CT molecular complexity index is 308. The molecule has 0 radical (unpaired) electrons. The highest BCUT2D eigenvalue weighted by Crippen LogP contribution is 2.33. The quantitative estimate of drug-likeness (QED) is 0.566. The first kappa shape index (κ1) is 14.5. The van der Waals surface area contributed by atoms with Gasteiger partial charge in [0.1, 0.15) is 5.75 Å². The Kier molecular flexibility index (Phi) is 7.01. The summed E-state index contributed by atoms with van der Waals surface area (Å²) in [5.74, 6) is 1.47. The van der Waals surface area contributed by atoms with Crippen molar-refractivity contribution in [1.29, 1.82) is 0 Å². The second-order valence-corrected chi connectivity index (χ2v) is 6.03. The third-order valence-electron chi connectivity index (χ3n) is 2.30. The Balaban J connectivity index is 2.59. The molecule has 0 saturated carbocycles. The molecular weight excluding hydrogens is 400 g/mol. The van der Waals surface area contributed by atoms with Gasteiger partial charge in [0.2, 0.25) is 0 Å². The SMILES string of the molecule is CCCC(CBr)COc1c(Br)cccc1Br. The molecule has 0 aliphatic heterocycles. The minimum Gasteiger partial charge on any atom is -0.491 e. The van der Waals surface area contributed by atoms with Crippen molar-refractivity contribution in [2.75, 3.05) is 11.9 Å². The second kappa shape index (κ2) is 7.72. The Hall–Kier alpha value is 0.460. The van der Waals surface area contributed by atoms with E-state index >= 15 is 0 Å². The summed E-state index contributed by atoms with van der Waals surface area (Å²) < 4.78 is 7.83. The summed E-state index contributed by atoms with van der Waals surface area (Å²) >= 11 is 10.5. The van der Waals surface area contributed by atoms with Crippen LogP contribution < -0.4 is 4.74 Å². The predicted octanol–water partition coefficient (Wildman–Crippen LogP) is 5.40. The van der Waals surface area contributed by atoms with E-state index in [0.29, 0.717) is 5.92 Å². The normalized spacial score (nSPS) is 12.5. The lowest BCUT2D eigenvalue weighted by molar-refractivity contribution is 0.252. The van der Waals surface area contributed by atoms with E-state index in [1.165, 1.54) is 12.8 Å². The maximum Gasteiger partial charge on any atom is 0.147 e. The van der Waals surface area contributed by atoms with E-state index in [-0.39, 0.29) is 0 Å². The Morgan fingerprint density at radius 3 is 2.38 bits per heavy atom. The van der Waals surface area contributed by atoms with Crippen molar-refractivity contribution in [3.8, 4) is 5.75 Å². The molecule has 0 aliphatic carbocycles. The van der Waals surface area contributed by atoms with Crippen molar-refractivity contribution in [2.24, 2.45) is 5.92 Å². The van der Waals surface area contributed by atoms with Gasteiger partial charge in [0.25, 0.3) is 0 Å². The van der Waals surface area contributed by atoms with Gasteiger partial charge in [0.15, 0.2) is 0 Å². The van der Waals surface area contributed by atoms with Crippen LogP contribution in [0, 0.1) is 5.92 Å². The first-order chi connectivity index (χ1) is 7.69. The lowest BCUT2D eigenvalue weighted by atomic mass is 10.1. The molecule has 4 heteroatoms. The summed E-state index contributed by atoms with van der Waals surface area (Å²) in [4.78, 5) is 0. The molecule has 1 nitrogen and oxygen atoms in total.